The molecule has 28 heavy (non-hydrogen) atoms. The number of aliphatic carboxylic acids is 1. The number of carboxylic acids is 1. The normalized spacial score (nSPS) is 17.0. The van der Waals surface area contributed by atoms with Crippen LogP contribution in [0.5, 0.6) is 0 Å². The molecule has 0 amide bonds. The van der Waals surface area contributed by atoms with Crippen LogP contribution in [0.1, 0.15) is 38.3 Å². The van der Waals surface area contributed by atoms with Crippen molar-refractivity contribution < 1.29 is 14.3 Å². The number of thiocarbonyl (C=S) groups is 1. The van der Waals surface area contributed by atoms with Gasteiger partial charge in [-0.25, -0.2) is 9.18 Å². The molecule has 1 heterocycles. The van der Waals surface area contributed by atoms with Crippen LogP contribution in [0.25, 0.3) is 0 Å². The first-order valence-electron chi connectivity index (χ1n) is 8.88. The van der Waals surface area contributed by atoms with Gasteiger partial charge in [-0.05, 0) is 44.5 Å². The number of benzodiazepines with no additional fused rings is 1. The van der Waals surface area contributed by atoms with Gasteiger partial charge in [-0.15, -0.1) is 0 Å². The quantitative estimate of drug-likeness (QED) is 0.701. The van der Waals surface area contributed by atoms with E-state index in [1.54, 1.807) is 36.9 Å². The van der Waals surface area contributed by atoms with E-state index in [9.17, 15) is 14.3 Å². The number of rotatable bonds is 4. The van der Waals surface area contributed by atoms with Crippen LogP contribution in [0.3, 0.4) is 0 Å². The van der Waals surface area contributed by atoms with Crippen LogP contribution in [0.2, 0.25) is 5.02 Å². The Balaban J connectivity index is 2.36. The molecule has 1 aliphatic rings. The number of carboxylic acid groups (broad SMARTS) is 1. The van der Waals surface area contributed by atoms with Crippen LogP contribution < -0.4 is 4.90 Å². The lowest BCUT2D eigenvalue weighted by molar-refractivity contribution is -0.141. The van der Waals surface area contributed by atoms with Gasteiger partial charge in [-0.2, -0.15) is 0 Å². The molecule has 7 heteroatoms. The Hall–Kier alpha value is -2.31. The number of halogens is 2. The molecule has 0 bridgehead atoms. The molecule has 1 N–H and O–H groups in total. The summed E-state index contributed by atoms with van der Waals surface area (Å²) in [5.41, 5.74) is 0.752. The fraction of sp³-hybridized carbons (Fsp3) is 0.286. The second-order valence-corrected chi connectivity index (χ2v) is 7.91. The standard InChI is InChI=1S/C21H20ClFN2O2S/c1-4-16-19(28)25(21(2,3)20(26)27)17-10-9-12(23)11-14(17)18(24-16)13-7-5-6-8-15(13)22/h5-11,16H,4H2,1-3H3,(H,26,27). The Labute approximate surface area is 173 Å². The van der Waals surface area contributed by atoms with Gasteiger partial charge in [0.1, 0.15) is 22.4 Å². The summed E-state index contributed by atoms with van der Waals surface area (Å²) in [5, 5.41) is 10.3. The van der Waals surface area contributed by atoms with Gasteiger partial charge in [0.25, 0.3) is 0 Å². The number of carbonyl (C=O) groups is 1. The highest BCUT2D eigenvalue weighted by Crippen LogP contribution is 2.36. The Bertz CT molecular complexity index is 990. The Morgan fingerprint density at radius 3 is 2.57 bits per heavy atom. The molecule has 0 spiro atoms. The predicted octanol–water partition coefficient (Wildman–Crippen LogP) is 5.11. The molecule has 4 nitrogen and oxygen atoms in total. The van der Waals surface area contributed by atoms with Gasteiger partial charge in [-0.3, -0.25) is 4.99 Å². The minimum Gasteiger partial charge on any atom is -0.480 e. The van der Waals surface area contributed by atoms with E-state index in [2.05, 4.69) is 0 Å². The molecule has 2 aromatic carbocycles. The van der Waals surface area contributed by atoms with Crippen LogP contribution in [0.4, 0.5) is 10.1 Å². The van der Waals surface area contributed by atoms with E-state index in [0.29, 0.717) is 39.0 Å². The zero-order chi connectivity index (χ0) is 20.6. The maximum atomic E-state index is 14.2. The van der Waals surface area contributed by atoms with Crippen molar-refractivity contribution in [3.63, 3.8) is 0 Å². The third-order valence-electron chi connectivity index (χ3n) is 4.84. The van der Waals surface area contributed by atoms with Crippen LogP contribution in [-0.2, 0) is 4.79 Å². The molecule has 0 saturated carbocycles. The zero-order valence-electron chi connectivity index (χ0n) is 15.7. The van der Waals surface area contributed by atoms with Crippen molar-refractivity contribution in [1.29, 1.82) is 0 Å². The molecule has 3 rings (SSSR count). The predicted molar refractivity (Wildman–Crippen MR) is 114 cm³/mol. The van der Waals surface area contributed by atoms with Crippen molar-refractivity contribution in [1.82, 2.24) is 0 Å². The van der Waals surface area contributed by atoms with Crippen molar-refractivity contribution in [3.8, 4) is 0 Å². The second kappa shape index (κ2) is 7.60. The number of nitrogens with zero attached hydrogens (tertiary/aromatic N) is 2. The van der Waals surface area contributed by atoms with Gasteiger partial charge in [0.05, 0.1) is 11.4 Å². The summed E-state index contributed by atoms with van der Waals surface area (Å²) in [6.07, 6.45) is 0.565. The smallest absolute Gasteiger partial charge is 0.329 e. The lowest BCUT2D eigenvalue weighted by atomic mass is 9.96. The zero-order valence-corrected chi connectivity index (χ0v) is 17.3. The average molecular weight is 419 g/mol. The molecule has 0 fully saturated rings. The highest BCUT2D eigenvalue weighted by molar-refractivity contribution is 7.80. The van der Waals surface area contributed by atoms with Crippen LogP contribution in [-0.4, -0.2) is 33.4 Å². The first-order chi connectivity index (χ1) is 13.2. The molecule has 1 atom stereocenters. The van der Waals surface area contributed by atoms with E-state index in [1.165, 1.54) is 12.1 Å². The molecular weight excluding hydrogens is 399 g/mol. The summed E-state index contributed by atoms with van der Waals surface area (Å²) in [6.45, 7) is 5.07. The number of benzene rings is 2. The molecule has 1 aliphatic heterocycles. The largest absolute Gasteiger partial charge is 0.480 e. The summed E-state index contributed by atoms with van der Waals surface area (Å²) in [7, 11) is 0. The first-order valence-corrected chi connectivity index (χ1v) is 9.67. The van der Waals surface area contributed by atoms with Gasteiger partial charge in [0.2, 0.25) is 0 Å². The summed E-state index contributed by atoms with van der Waals surface area (Å²) in [5.74, 6) is -1.49. The lowest BCUT2D eigenvalue weighted by Crippen LogP contribution is -2.55. The number of hydrogen-bond donors (Lipinski definition) is 1. The molecule has 146 valence electrons. The minimum absolute atomic E-state index is 0.379. The van der Waals surface area contributed by atoms with Gasteiger partial charge < -0.3 is 10.0 Å². The maximum absolute atomic E-state index is 14.2. The minimum atomic E-state index is -1.34. The SMILES string of the molecule is CCC1N=C(c2ccccc2Cl)c2cc(F)ccc2N(C(C)(C)C(=O)O)C1=S. The van der Waals surface area contributed by atoms with E-state index in [-0.39, 0.29) is 0 Å². The molecular formula is C21H20ClFN2O2S. The average Bonchev–Trinajstić information content (AvgIpc) is 2.76. The Morgan fingerprint density at radius 2 is 1.96 bits per heavy atom. The van der Waals surface area contributed by atoms with Crippen molar-refractivity contribution in [2.75, 3.05) is 4.90 Å². The van der Waals surface area contributed by atoms with Crippen LogP contribution in [0, 0.1) is 5.82 Å². The second-order valence-electron chi connectivity index (χ2n) is 7.08. The van der Waals surface area contributed by atoms with Crippen molar-refractivity contribution in [3.05, 3.63) is 64.4 Å². The van der Waals surface area contributed by atoms with E-state index in [4.69, 9.17) is 28.8 Å². The number of aliphatic imine (C=N–C) groups is 1. The molecule has 2 aromatic rings. The summed E-state index contributed by atoms with van der Waals surface area (Å²) in [4.78, 5) is 18.8. The number of hydrogen-bond acceptors (Lipinski definition) is 3. The molecule has 0 aliphatic carbocycles. The number of fused-ring (bicyclic) bond motifs is 1. The highest BCUT2D eigenvalue weighted by atomic mass is 35.5. The van der Waals surface area contributed by atoms with Crippen molar-refractivity contribution in [2.24, 2.45) is 4.99 Å². The monoisotopic (exact) mass is 418 g/mol. The first kappa shape index (κ1) is 20.4. The van der Waals surface area contributed by atoms with E-state index in [1.807, 2.05) is 19.1 Å². The van der Waals surface area contributed by atoms with Gasteiger partial charge in [-0.1, -0.05) is 48.9 Å². The van der Waals surface area contributed by atoms with Gasteiger partial charge >= 0.3 is 5.97 Å². The Kier molecular flexibility index (Phi) is 5.55. The van der Waals surface area contributed by atoms with Crippen LogP contribution >= 0.6 is 23.8 Å². The molecule has 0 radical (unpaired) electrons. The summed E-state index contributed by atoms with van der Waals surface area (Å²) < 4.78 is 14.2. The fourth-order valence-electron chi connectivity index (χ4n) is 3.25. The number of anilines is 1. The summed E-state index contributed by atoms with van der Waals surface area (Å²) >= 11 is 12.1. The van der Waals surface area contributed by atoms with E-state index >= 15 is 0 Å². The highest BCUT2D eigenvalue weighted by Gasteiger charge is 2.42. The molecule has 0 saturated heterocycles. The molecule has 1 unspecified atom stereocenters. The Morgan fingerprint density at radius 1 is 1.29 bits per heavy atom. The topological polar surface area (TPSA) is 52.9 Å². The molecule has 0 aromatic heterocycles. The third kappa shape index (κ3) is 3.42. The maximum Gasteiger partial charge on any atom is 0.329 e. The lowest BCUT2D eigenvalue weighted by Gasteiger charge is -2.38. The third-order valence-corrected chi connectivity index (χ3v) is 5.63. The summed E-state index contributed by atoms with van der Waals surface area (Å²) in [6, 6.07) is 10.9. The van der Waals surface area contributed by atoms with Crippen LogP contribution in [0.15, 0.2) is 47.5 Å². The van der Waals surface area contributed by atoms with Crippen molar-refractivity contribution in [2.45, 2.75) is 38.8 Å². The van der Waals surface area contributed by atoms with Gasteiger partial charge in [0.15, 0.2) is 0 Å². The van der Waals surface area contributed by atoms with Crippen molar-refractivity contribution >= 4 is 46.2 Å². The fourth-order valence-corrected chi connectivity index (χ4v) is 4.02. The van der Waals surface area contributed by atoms with E-state index in [0.717, 1.165) is 0 Å². The van der Waals surface area contributed by atoms with E-state index < -0.39 is 23.4 Å². The van der Waals surface area contributed by atoms with Gasteiger partial charge in [0, 0.05) is 16.1 Å².